The molecule has 4 heterocycles. The minimum atomic E-state index is -0.696. The van der Waals surface area contributed by atoms with Crippen molar-refractivity contribution in [1.29, 1.82) is 0 Å². The monoisotopic (exact) mass is 445 g/mol. The Morgan fingerprint density at radius 2 is 2.00 bits per heavy atom. The molecule has 0 saturated carbocycles. The fourth-order valence-electron chi connectivity index (χ4n) is 4.32. The number of benzene rings is 1. The van der Waals surface area contributed by atoms with Crippen LogP contribution in [0.1, 0.15) is 37.4 Å². The zero-order valence-electron chi connectivity index (χ0n) is 18.1. The maximum Gasteiger partial charge on any atom is 0.224 e. The number of rotatable bonds is 1. The highest BCUT2D eigenvalue weighted by molar-refractivity contribution is 5.96. The van der Waals surface area contributed by atoms with Crippen molar-refractivity contribution in [2.45, 2.75) is 32.6 Å². The lowest BCUT2D eigenvalue weighted by molar-refractivity contribution is -0.116. The van der Waals surface area contributed by atoms with Gasteiger partial charge in [-0.1, -0.05) is 13.0 Å². The SMILES string of the molecule is CC=NC1=CC(C)c2nccc3c2N1c1ccc(F)c(n1)-c1c(F)cccc1NC(=O)CC3. The van der Waals surface area contributed by atoms with Crippen molar-refractivity contribution >= 4 is 29.3 Å². The van der Waals surface area contributed by atoms with Gasteiger partial charge in [0, 0.05) is 24.8 Å². The van der Waals surface area contributed by atoms with Crippen LogP contribution >= 0.6 is 0 Å². The summed E-state index contributed by atoms with van der Waals surface area (Å²) in [7, 11) is 0. The van der Waals surface area contributed by atoms with Gasteiger partial charge in [0.1, 0.15) is 29.0 Å². The number of halogens is 2. The average molecular weight is 445 g/mol. The number of amides is 1. The minimum Gasteiger partial charge on any atom is -0.325 e. The average Bonchev–Trinajstić information content (AvgIpc) is 2.79. The number of aromatic nitrogens is 2. The minimum absolute atomic E-state index is 0.0327. The second kappa shape index (κ2) is 8.20. The molecule has 2 bridgehead atoms. The highest BCUT2D eigenvalue weighted by Gasteiger charge is 2.31. The molecule has 5 rings (SSSR count). The van der Waals surface area contributed by atoms with Crippen molar-refractivity contribution in [2.75, 3.05) is 10.2 Å². The van der Waals surface area contributed by atoms with E-state index in [-0.39, 0.29) is 35.2 Å². The number of hydrogen-bond donors (Lipinski definition) is 1. The highest BCUT2D eigenvalue weighted by Crippen LogP contribution is 2.43. The Labute approximate surface area is 189 Å². The molecule has 1 N–H and O–H groups in total. The normalized spacial score (nSPS) is 17.5. The van der Waals surface area contributed by atoms with E-state index in [1.807, 2.05) is 19.1 Å². The Bertz CT molecular complexity index is 1330. The van der Waals surface area contributed by atoms with Crippen LogP contribution in [0.4, 0.5) is 26.0 Å². The third kappa shape index (κ3) is 3.57. The van der Waals surface area contributed by atoms with Gasteiger partial charge in [0.25, 0.3) is 0 Å². The highest BCUT2D eigenvalue weighted by atomic mass is 19.1. The molecule has 0 aliphatic carbocycles. The Morgan fingerprint density at radius 1 is 1.15 bits per heavy atom. The molecule has 1 unspecified atom stereocenters. The van der Waals surface area contributed by atoms with E-state index in [2.05, 4.69) is 20.3 Å². The number of aryl methyl sites for hydroxylation is 1. The van der Waals surface area contributed by atoms with Gasteiger partial charge in [-0.05, 0) is 55.3 Å². The molecular formula is C25H21F2N5O. The zero-order valence-corrected chi connectivity index (χ0v) is 18.1. The smallest absolute Gasteiger partial charge is 0.224 e. The lowest BCUT2D eigenvalue weighted by Crippen LogP contribution is -2.26. The summed E-state index contributed by atoms with van der Waals surface area (Å²) in [6.45, 7) is 3.82. The van der Waals surface area contributed by atoms with Gasteiger partial charge < -0.3 is 5.32 Å². The molecule has 0 radical (unpaired) electrons. The number of fused-ring (bicyclic) bond motifs is 5. The number of pyridine rings is 2. The molecule has 1 aromatic carbocycles. The van der Waals surface area contributed by atoms with E-state index in [1.54, 1.807) is 36.4 Å². The van der Waals surface area contributed by atoms with E-state index in [1.165, 1.54) is 18.2 Å². The molecule has 33 heavy (non-hydrogen) atoms. The van der Waals surface area contributed by atoms with Gasteiger partial charge in [-0.3, -0.25) is 14.7 Å². The van der Waals surface area contributed by atoms with Crippen molar-refractivity contribution in [3.05, 3.63) is 77.4 Å². The van der Waals surface area contributed by atoms with Crippen molar-refractivity contribution < 1.29 is 13.6 Å². The van der Waals surface area contributed by atoms with Crippen molar-refractivity contribution in [3.8, 4) is 11.3 Å². The quantitative estimate of drug-likeness (QED) is 0.503. The zero-order chi connectivity index (χ0) is 23.1. The molecule has 0 fully saturated rings. The molecule has 0 saturated heterocycles. The van der Waals surface area contributed by atoms with Crippen molar-refractivity contribution in [1.82, 2.24) is 9.97 Å². The van der Waals surface area contributed by atoms with Gasteiger partial charge in [0.2, 0.25) is 5.91 Å². The summed E-state index contributed by atoms with van der Waals surface area (Å²) in [5.74, 6) is -0.723. The third-order valence-corrected chi connectivity index (χ3v) is 5.79. The van der Waals surface area contributed by atoms with Gasteiger partial charge in [-0.25, -0.2) is 18.8 Å². The van der Waals surface area contributed by atoms with Gasteiger partial charge in [-0.2, -0.15) is 0 Å². The van der Waals surface area contributed by atoms with Crippen LogP contribution in [0.3, 0.4) is 0 Å². The summed E-state index contributed by atoms with van der Waals surface area (Å²) < 4.78 is 29.9. The van der Waals surface area contributed by atoms with Crippen LogP contribution in [-0.2, 0) is 11.2 Å². The molecule has 3 aromatic rings. The fourth-order valence-corrected chi connectivity index (χ4v) is 4.32. The van der Waals surface area contributed by atoms with Crippen LogP contribution in [0.5, 0.6) is 0 Å². The maximum atomic E-state index is 15.0. The van der Waals surface area contributed by atoms with E-state index in [9.17, 15) is 13.6 Å². The first-order valence-electron chi connectivity index (χ1n) is 10.7. The first kappa shape index (κ1) is 20.9. The van der Waals surface area contributed by atoms with E-state index in [0.717, 1.165) is 16.9 Å². The van der Waals surface area contributed by atoms with Gasteiger partial charge in [0.15, 0.2) is 0 Å². The Balaban J connectivity index is 1.84. The summed E-state index contributed by atoms with van der Waals surface area (Å²) in [5, 5.41) is 2.73. The number of anilines is 3. The Morgan fingerprint density at radius 3 is 2.82 bits per heavy atom. The van der Waals surface area contributed by atoms with E-state index in [4.69, 9.17) is 0 Å². The second-order valence-electron chi connectivity index (χ2n) is 7.95. The van der Waals surface area contributed by atoms with Gasteiger partial charge in [-0.15, -0.1) is 0 Å². The number of nitrogens with one attached hydrogen (secondary N) is 1. The number of hydrogen-bond acceptors (Lipinski definition) is 5. The third-order valence-electron chi connectivity index (χ3n) is 5.79. The molecule has 2 aliphatic rings. The van der Waals surface area contributed by atoms with Crippen molar-refractivity contribution in [2.24, 2.45) is 4.99 Å². The number of carbonyl (C=O) groups excluding carboxylic acids is 1. The summed E-state index contributed by atoms with van der Waals surface area (Å²) >= 11 is 0. The van der Waals surface area contributed by atoms with Gasteiger partial charge in [0.05, 0.1) is 22.6 Å². The first-order valence-corrected chi connectivity index (χ1v) is 10.7. The standard InChI is InChI=1S/C25H21F2N5O/c1-3-28-20-13-14(2)23-25-15(11-12-29-23)7-10-21(33)30-18-6-4-5-16(26)22(18)24-17(27)8-9-19(31-24)32(20)25/h3-6,8-9,11-14H,7,10H2,1-2H3,(H,30,33). The molecule has 2 aromatic heterocycles. The van der Waals surface area contributed by atoms with Crippen LogP contribution in [-0.4, -0.2) is 22.1 Å². The lowest BCUT2D eigenvalue weighted by Gasteiger charge is -2.33. The van der Waals surface area contributed by atoms with Gasteiger partial charge >= 0.3 is 0 Å². The summed E-state index contributed by atoms with van der Waals surface area (Å²) in [5.41, 5.74) is 2.36. The molecule has 2 aliphatic heterocycles. The first-order chi connectivity index (χ1) is 16.0. The Hall–Kier alpha value is -3.94. The second-order valence-corrected chi connectivity index (χ2v) is 7.95. The van der Waals surface area contributed by atoms with E-state index >= 15 is 0 Å². The number of nitrogens with zero attached hydrogens (tertiary/aromatic N) is 4. The fraction of sp³-hybridized carbons (Fsp3) is 0.200. The molecular weight excluding hydrogens is 424 g/mol. The van der Waals surface area contributed by atoms with Crippen LogP contribution in [0.15, 0.2) is 59.5 Å². The van der Waals surface area contributed by atoms with Crippen molar-refractivity contribution in [3.63, 3.8) is 0 Å². The van der Waals surface area contributed by atoms with Crippen LogP contribution < -0.4 is 10.2 Å². The molecule has 166 valence electrons. The molecule has 0 spiro atoms. The largest absolute Gasteiger partial charge is 0.325 e. The number of carbonyl (C=O) groups is 1. The molecule has 1 atom stereocenters. The number of aliphatic imine (C=N–C) groups is 1. The predicted molar refractivity (Wildman–Crippen MR) is 124 cm³/mol. The van der Waals surface area contributed by atoms with Crippen LogP contribution in [0.2, 0.25) is 0 Å². The van der Waals surface area contributed by atoms with E-state index in [0.29, 0.717) is 18.1 Å². The summed E-state index contributed by atoms with van der Waals surface area (Å²) in [4.78, 5) is 28.2. The molecule has 8 heteroatoms. The predicted octanol–water partition coefficient (Wildman–Crippen LogP) is 5.49. The van der Waals surface area contributed by atoms with Crippen LogP contribution in [0.25, 0.3) is 11.3 Å². The van der Waals surface area contributed by atoms with Crippen LogP contribution in [0, 0.1) is 11.6 Å². The maximum absolute atomic E-state index is 15.0. The molecule has 6 nitrogen and oxygen atoms in total. The number of allylic oxidation sites excluding steroid dienone is 1. The Kier molecular flexibility index (Phi) is 5.20. The molecule has 1 amide bonds. The summed E-state index contributed by atoms with van der Waals surface area (Å²) in [6.07, 6.45) is 5.94. The lowest BCUT2D eigenvalue weighted by atomic mass is 9.95. The topological polar surface area (TPSA) is 70.5 Å². The van der Waals surface area contributed by atoms with E-state index < -0.39 is 11.6 Å². The summed E-state index contributed by atoms with van der Waals surface area (Å²) in [6, 6.07) is 8.90.